The second kappa shape index (κ2) is 3.80. The highest BCUT2D eigenvalue weighted by atomic mass is 19.1. The average Bonchev–Trinajstić information content (AvgIpc) is 2.57. The molecule has 0 aliphatic heterocycles. The molecule has 0 spiro atoms. The molecule has 1 aromatic heterocycles. The number of benzene rings is 1. The van der Waals surface area contributed by atoms with Crippen molar-refractivity contribution in [3.8, 4) is 0 Å². The number of halogens is 1. The minimum atomic E-state index is -0.220. The predicted octanol–water partition coefficient (Wildman–Crippen LogP) is 2.84. The third kappa shape index (κ3) is 1.63. The third-order valence-corrected chi connectivity index (χ3v) is 2.19. The van der Waals surface area contributed by atoms with Crippen LogP contribution in [-0.4, -0.2) is 11.6 Å². The zero-order valence-electron chi connectivity index (χ0n) is 8.01. The maximum Gasteiger partial charge on any atom is 0.125 e. The van der Waals surface area contributed by atoms with E-state index in [1.165, 1.54) is 12.1 Å². The van der Waals surface area contributed by atoms with E-state index in [4.69, 9.17) is 4.74 Å². The van der Waals surface area contributed by atoms with Gasteiger partial charge >= 0.3 is 0 Å². The van der Waals surface area contributed by atoms with E-state index in [0.717, 1.165) is 16.5 Å². The summed E-state index contributed by atoms with van der Waals surface area (Å²) in [4.78, 5) is 3.02. The van der Waals surface area contributed by atoms with E-state index in [9.17, 15) is 4.39 Å². The fourth-order valence-corrected chi connectivity index (χ4v) is 1.49. The van der Waals surface area contributed by atoms with E-state index in [2.05, 4.69) is 4.98 Å². The van der Waals surface area contributed by atoms with Crippen molar-refractivity contribution < 1.29 is 9.13 Å². The quantitative estimate of drug-likeness (QED) is 0.796. The summed E-state index contributed by atoms with van der Waals surface area (Å²) in [7, 11) is 0. The van der Waals surface area contributed by atoms with Crippen LogP contribution in [0.4, 0.5) is 4.39 Å². The van der Waals surface area contributed by atoms with Crippen LogP contribution < -0.4 is 0 Å². The summed E-state index contributed by atoms with van der Waals surface area (Å²) < 4.78 is 18.1. The summed E-state index contributed by atoms with van der Waals surface area (Å²) in [6.07, 6.45) is 1.86. The van der Waals surface area contributed by atoms with E-state index in [1.54, 1.807) is 6.07 Å². The minimum absolute atomic E-state index is 0.220. The van der Waals surface area contributed by atoms with Crippen LogP contribution in [0, 0.1) is 5.82 Å². The molecule has 0 fully saturated rings. The van der Waals surface area contributed by atoms with Crippen LogP contribution in [-0.2, 0) is 11.3 Å². The molecule has 0 unspecified atom stereocenters. The minimum Gasteiger partial charge on any atom is -0.377 e. The second-order valence-electron chi connectivity index (χ2n) is 3.14. The largest absolute Gasteiger partial charge is 0.377 e. The molecule has 3 heteroatoms. The van der Waals surface area contributed by atoms with Crippen LogP contribution in [0.5, 0.6) is 0 Å². The molecule has 0 bridgehead atoms. The molecule has 0 aliphatic rings. The summed E-state index contributed by atoms with van der Waals surface area (Å²) in [5.74, 6) is -0.220. The number of H-pyrrole nitrogens is 1. The Kier molecular flexibility index (Phi) is 2.50. The SMILES string of the molecule is CCOCc1c[nH]c2cc(F)ccc12. The highest BCUT2D eigenvalue weighted by Crippen LogP contribution is 2.19. The Morgan fingerprint density at radius 1 is 1.43 bits per heavy atom. The summed E-state index contributed by atoms with van der Waals surface area (Å²) in [5.41, 5.74) is 1.89. The number of hydrogen-bond donors (Lipinski definition) is 1. The molecule has 2 nitrogen and oxygen atoms in total. The van der Waals surface area contributed by atoms with Gasteiger partial charge in [0.25, 0.3) is 0 Å². The molecule has 0 saturated carbocycles. The number of rotatable bonds is 3. The van der Waals surface area contributed by atoms with Gasteiger partial charge in [-0.25, -0.2) is 4.39 Å². The Morgan fingerprint density at radius 3 is 3.07 bits per heavy atom. The maximum atomic E-state index is 12.8. The van der Waals surface area contributed by atoms with E-state index in [1.807, 2.05) is 13.1 Å². The molecule has 2 rings (SSSR count). The maximum absolute atomic E-state index is 12.8. The van der Waals surface area contributed by atoms with Gasteiger partial charge in [-0.05, 0) is 25.1 Å². The number of nitrogens with one attached hydrogen (secondary N) is 1. The van der Waals surface area contributed by atoms with Crippen LogP contribution >= 0.6 is 0 Å². The van der Waals surface area contributed by atoms with Gasteiger partial charge in [0.1, 0.15) is 5.82 Å². The first-order chi connectivity index (χ1) is 6.81. The zero-order valence-corrected chi connectivity index (χ0v) is 8.01. The third-order valence-electron chi connectivity index (χ3n) is 2.19. The van der Waals surface area contributed by atoms with E-state index in [0.29, 0.717) is 13.2 Å². The van der Waals surface area contributed by atoms with Gasteiger partial charge in [0.05, 0.1) is 6.61 Å². The van der Waals surface area contributed by atoms with Gasteiger partial charge in [0, 0.05) is 29.3 Å². The molecule has 0 radical (unpaired) electrons. The molecule has 1 N–H and O–H groups in total. The number of ether oxygens (including phenoxy) is 1. The number of fused-ring (bicyclic) bond motifs is 1. The molecule has 0 atom stereocenters. The van der Waals surface area contributed by atoms with Crippen molar-refractivity contribution >= 4 is 10.9 Å². The van der Waals surface area contributed by atoms with Gasteiger partial charge < -0.3 is 9.72 Å². The normalized spacial score (nSPS) is 11.0. The first-order valence-corrected chi connectivity index (χ1v) is 4.64. The Bertz CT molecular complexity index is 436. The van der Waals surface area contributed by atoms with Crippen LogP contribution in [0.2, 0.25) is 0 Å². The molecular formula is C11H12FNO. The Hall–Kier alpha value is -1.35. The summed E-state index contributed by atoms with van der Waals surface area (Å²) in [6, 6.07) is 4.73. The highest BCUT2D eigenvalue weighted by molar-refractivity contribution is 5.83. The van der Waals surface area contributed by atoms with Crippen molar-refractivity contribution in [2.75, 3.05) is 6.61 Å². The lowest BCUT2D eigenvalue weighted by Crippen LogP contribution is -1.89. The lowest BCUT2D eigenvalue weighted by atomic mass is 10.2. The monoisotopic (exact) mass is 193 g/mol. The first-order valence-electron chi connectivity index (χ1n) is 4.64. The van der Waals surface area contributed by atoms with Gasteiger partial charge in [-0.3, -0.25) is 0 Å². The predicted molar refractivity (Wildman–Crippen MR) is 53.6 cm³/mol. The van der Waals surface area contributed by atoms with Gasteiger partial charge in [-0.2, -0.15) is 0 Å². The molecule has 1 aromatic carbocycles. The van der Waals surface area contributed by atoms with Crippen molar-refractivity contribution in [3.05, 3.63) is 35.8 Å². The first kappa shape index (κ1) is 9.21. The Labute approximate surface area is 81.7 Å². The van der Waals surface area contributed by atoms with Crippen molar-refractivity contribution in [1.82, 2.24) is 4.98 Å². The fraction of sp³-hybridized carbons (Fsp3) is 0.273. The highest BCUT2D eigenvalue weighted by Gasteiger charge is 2.03. The molecule has 0 saturated heterocycles. The van der Waals surface area contributed by atoms with Crippen LogP contribution in [0.25, 0.3) is 10.9 Å². The van der Waals surface area contributed by atoms with Gasteiger partial charge in [0.15, 0.2) is 0 Å². The van der Waals surface area contributed by atoms with Gasteiger partial charge in [-0.15, -0.1) is 0 Å². The van der Waals surface area contributed by atoms with E-state index < -0.39 is 0 Å². The van der Waals surface area contributed by atoms with Crippen LogP contribution in [0.1, 0.15) is 12.5 Å². The van der Waals surface area contributed by atoms with Crippen molar-refractivity contribution in [2.24, 2.45) is 0 Å². The lowest BCUT2D eigenvalue weighted by Gasteiger charge is -1.98. The summed E-state index contributed by atoms with van der Waals surface area (Å²) in [5, 5.41) is 1.03. The van der Waals surface area contributed by atoms with Crippen molar-refractivity contribution in [2.45, 2.75) is 13.5 Å². The summed E-state index contributed by atoms with van der Waals surface area (Å²) >= 11 is 0. The topological polar surface area (TPSA) is 25.0 Å². The molecule has 74 valence electrons. The molecule has 0 aliphatic carbocycles. The Balaban J connectivity index is 2.37. The van der Waals surface area contributed by atoms with Crippen LogP contribution in [0.3, 0.4) is 0 Å². The molecule has 14 heavy (non-hydrogen) atoms. The van der Waals surface area contributed by atoms with Crippen LogP contribution in [0.15, 0.2) is 24.4 Å². The standard InChI is InChI=1S/C11H12FNO/c1-2-14-7-8-6-13-11-5-9(12)3-4-10(8)11/h3-6,13H,2,7H2,1H3. The summed E-state index contributed by atoms with van der Waals surface area (Å²) in [6.45, 7) is 3.21. The number of hydrogen-bond acceptors (Lipinski definition) is 1. The number of aromatic nitrogens is 1. The average molecular weight is 193 g/mol. The number of aromatic amines is 1. The zero-order chi connectivity index (χ0) is 9.97. The Morgan fingerprint density at radius 2 is 2.29 bits per heavy atom. The molecule has 2 aromatic rings. The van der Waals surface area contributed by atoms with Crippen molar-refractivity contribution in [1.29, 1.82) is 0 Å². The van der Waals surface area contributed by atoms with E-state index in [-0.39, 0.29) is 5.82 Å². The smallest absolute Gasteiger partial charge is 0.125 e. The molecule has 0 amide bonds. The fourth-order valence-electron chi connectivity index (χ4n) is 1.49. The second-order valence-corrected chi connectivity index (χ2v) is 3.14. The van der Waals surface area contributed by atoms with E-state index >= 15 is 0 Å². The van der Waals surface area contributed by atoms with Gasteiger partial charge in [0.2, 0.25) is 0 Å². The molecular weight excluding hydrogens is 181 g/mol. The lowest BCUT2D eigenvalue weighted by molar-refractivity contribution is 0.135. The van der Waals surface area contributed by atoms with Gasteiger partial charge in [-0.1, -0.05) is 0 Å². The van der Waals surface area contributed by atoms with Crippen molar-refractivity contribution in [3.63, 3.8) is 0 Å². The molecule has 1 heterocycles.